The van der Waals surface area contributed by atoms with E-state index in [-0.39, 0.29) is 11.8 Å². The number of nitrogens with zero attached hydrogens (tertiary/aromatic N) is 4. The summed E-state index contributed by atoms with van der Waals surface area (Å²) in [5.74, 6) is -0.434. The van der Waals surface area contributed by atoms with E-state index in [1.165, 1.54) is 0 Å². The van der Waals surface area contributed by atoms with Crippen LogP contribution in [0.15, 0.2) is 79.3 Å². The number of pyridine rings is 1. The second-order valence-corrected chi connectivity index (χ2v) is 7.64. The fourth-order valence-electron chi connectivity index (χ4n) is 4.03. The lowest BCUT2D eigenvalue weighted by Gasteiger charge is -2.24. The van der Waals surface area contributed by atoms with Gasteiger partial charge in [0, 0.05) is 25.1 Å². The van der Waals surface area contributed by atoms with Crippen molar-refractivity contribution in [3.63, 3.8) is 0 Å². The SMILES string of the molecule is O=C(Nc1ccccc1-n1cccc1)[C@@H]1CCCN1C(=O)c1cc(-c2ccccn2)n[nH]1. The van der Waals surface area contributed by atoms with E-state index < -0.39 is 6.04 Å². The van der Waals surface area contributed by atoms with Gasteiger partial charge in [0.2, 0.25) is 5.91 Å². The maximum Gasteiger partial charge on any atom is 0.272 e. The molecule has 8 heteroatoms. The fraction of sp³-hybridized carbons (Fsp3) is 0.167. The van der Waals surface area contributed by atoms with Gasteiger partial charge in [-0.3, -0.25) is 19.7 Å². The van der Waals surface area contributed by atoms with Crippen molar-refractivity contribution in [1.82, 2.24) is 24.6 Å². The summed E-state index contributed by atoms with van der Waals surface area (Å²) in [4.78, 5) is 32.2. The van der Waals surface area contributed by atoms with Gasteiger partial charge in [-0.1, -0.05) is 18.2 Å². The molecule has 0 radical (unpaired) electrons. The summed E-state index contributed by atoms with van der Waals surface area (Å²) in [6, 6.07) is 18.1. The predicted molar refractivity (Wildman–Crippen MR) is 120 cm³/mol. The molecule has 160 valence electrons. The molecular weight excluding hydrogens is 404 g/mol. The molecule has 2 amide bonds. The van der Waals surface area contributed by atoms with Crippen molar-refractivity contribution >= 4 is 17.5 Å². The minimum absolute atomic E-state index is 0.195. The van der Waals surface area contributed by atoms with Crippen molar-refractivity contribution in [3.8, 4) is 17.1 Å². The number of aromatic nitrogens is 4. The predicted octanol–water partition coefficient (Wildman–Crippen LogP) is 3.51. The maximum atomic E-state index is 13.2. The number of rotatable bonds is 5. The molecule has 4 heterocycles. The number of aromatic amines is 1. The molecule has 1 aliphatic rings. The van der Waals surface area contributed by atoms with Gasteiger partial charge >= 0.3 is 0 Å². The third-order valence-corrected chi connectivity index (χ3v) is 5.60. The summed E-state index contributed by atoms with van der Waals surface area (Å²) >= 11 is 0. The summed E-state index contributed by atoms with van der Waals surface area (Å²) in [5, 5.41) is 10.0. The van der Waals surface area contributed by atoms with Crippen LogP contribution in [0.3, 0.4) is 0 Å². The molecule has 1 aliphatic heterocycles. The van der Waals surface area contributed by atoms with Crippen LogP contribution >= 0.6 is 0 Å². The summed E-state index contributed by atoms with van der Waals surface area (Å²) in [6.07, 6.45) is 6.91. The normalized spacial score (nSPS) is 15.6. The molecule has 1 aromatic carbocycles. The van der Waals surface area contributed by atoms with E-state index in [0.29, 0.717) is 35.7 Å². The van der Waals surface area contributed by atoms with E-state index in [4.69, 9.17) is 0 Å². The van der Waals surface area contributed by atoms with Crippen LogP contribution in [0.2, 0.25) is 0 Å². The Labute approximate surface area is 184 Å². The molecule has 3 aromatic heterocycles. The third kappa shape index (κ3) is 3.78. The first-order valence-corrected chi connectivity index (χ1v) is 10.5. The number of benzene rings is 1. The van der Waals surface area contributed by atoms with E-state index in [2.05, 4.69) is 20.5 Å². The van der Waals surface area contributed by atoms with E-state index in [9.17, 15) is 9.59 Å². The number of hydrogen-bond acceptors (Lipinski definition) is 4. The van der Waals surface area contributed by atoms with E-state index in [0.717, 1.165) is 12.1 Å². The second kappa shape index (κ2) is 8.50. The number of anilines is 1. The average molecular weight is 426 g/mol. The van der Waals surface area contributed by atoms with Gasteiger partial charge in [-0.25, -0.2) is 0 Å². The molecule has 4 aromatic rings. The quantitative estimate of drug-likeness (QED) is 0.511. The molecule has 0 bridgehead atoms. The van der Waals surface area contributed by atoms with Gasteiger partial charge in [0.15, 0.2) is 0 Å². The van der Waals surface area contributed by atoms with Crippen molar-refractivity contribution in [2.45, 2.75) is 18.9 Å². The van der Waals surface area contributed by atoms with Crippen molar-refractivity contribution in [2.24, 2.45) is 0 Å². The first kappa shape index (κ1) is 19.7. The number of nitrogens with one attached hydrogen (secondary N) is 2. The number of H-pyrrole nitrogens is 1. The molecule has 1 atom stereocenters. The number of likely N-dealkylation sites (tertiary alicyclic amines) is 1. The van der Waals surface area contributed by atoms with Crippen LogP contribution < -0.4 is 5.32 Å². The van der Waals surface area contributed by atoms with Crippen molar-refractivity contribution in [1.29, 1.82) is 0 Å². The van der Waals surface area contributed by atoms with Gasteiger partial charge in [-0.15, -0.1) is 0 Å². The molecule has 2 N–H and O–H groups in total. The highest BCUT2D eigenvalue weighted by molar-refractivity contribution is 6.02. The minimum Gasteiger partial charge on any atom is -0.325 e. The molecule has 0 unspecified atom stereocenters. The first-order chi connectivity index (χ1) is 15.7. The van der Waals surface area contributed by atoms with Crippen molar-refractivity contribution in [2.75, 3.05) is 11.9 Å². The number of carbonyl (C=O) groups excluding carboxylic acids is 2. The van der Waals surface area contributed by atoms with E-state index in [1.807, 2.05) is 71.6 Å². The summed E-state index contributed by atoms with van der Waals surface area (Å²) in [7, 11) is 0. The Balaban J connectivity index is 1.34. The number of amides is 2. The molecule has 5 rings (SSSR count). The summed E-state index contributed by atoms with van der Waals surface area (Å²) < 4.78 is 1.94. The number of para-hydroxylation sites is 2. The number of carbonyl (C=O) groups is 2. The Morgan fingerprint density at radius 1 is 1.00 bits per heavy atom. The highest BCUT2D eigenvalue weighted by Gasteiger charge is 2.35. The van der Waals surface area contributed by atoms with Gasteiger partial charge in [-0.2, -0.15) is 5.10 Å². The Morgan fingerprint density at radius 3 is 2.62 bits per heavy atom. The topological polar surface area (TPSA) is 95.9 Å². The van der Waals surface area contributed by atoms with Crippen LogP contribution in [0.25, 0.3) is 17.1 Å². The van der Waals surface area contributed by atoms with Gasteiger partial charge in [0.25, 0.3) is 5.91 Å². The van der Waals surface area contributed by atoms with E-state index >= 15 is 0 Å². The summed E-state index contributed by atoms with van der Waals surface area (Å²) in [6.45, 7) is 0.522. The van der Waals surface area contributed by atoms with E-state index in [1.54, 1.807) is 17.2 Å². The smallest absolute Gasteiger partial charge is 0.272 e. The molecule has 0 aliphatic carbocycles. The van der Waals surface area contributed by atoms with Crippen LogP contribution in [-0.2, 0) is 4.79 Å². The summed E-state index contributed by atoms with van der Waals surface area (Å²) in [5.41, 5.74) is 3.19. The van der Waals surface area contributed by atoms with Crippen LogP contribution in [0.1, 0.15) is 23.3 Å². The molecular formula is C24H22N6O2. The molecule has 0 spiro atoms. The lowest BCUT2D eigenvalue weighted by atomic mass is 10.1. The zero-order valence-electron chi connectivity index (χ0n) is 17.3. The Hall–Kier alpha value is -4.20. The highest BCUT2D eigenvalue weighted by atomic mass is 16.2. The zero-order chi connectivity index (χ0) is 21.9. The average Bonchev–Trinajstić information content (AvgIpc) is 3.61. The van der Waals surface area contributed by atoms with Crippen LogP contribution in [0.4, 0.5) is 5.69 Å². The third-order valence-electron chi connectivity index (χ3n) is 5.60. The molecule has 1 fully saturated rings. The van der Waals surface area contributed by atoms with Gasteiger partial charge in [0.05, 0.1) is 17.1 Å². The largest absolute Gasteiger partial charge is 0.325 e. The lowest BCUT2D eigenvalue weighted by Crippen LogP contribution is -2.43. The monoisotopic (exact) mass is 426 g/mol. The first-order valence-electron chi connectivity index (χ1n) is 10.5. The van der Waals surface area contributed by atoms with Crippen molar-refractivity contribution < 1.29 is 9.59 Å². The van der Waals surface area contributed by atoms with Gasteiger partial charge in [-0.05, 0) is 55.3 Å². The Kier molecular flexibility index (Phi) is 5.25. The van der Waals surface area contributed by atoms with Gasteiger partial charge < -0.3 is 14.8 Å². The Morgan fingerprint density at radius 2 is 1.81 bits per heavy atom. The minimum atomic E-state index is -0.540. The molecule has 32 heavy (non-hydrogen) atoms. The number of hydrogen-bond donors (Lipinski definition) is 2. The molecule has 1 saturated heterocycles. The fourth-order valence-corrected chi connectivity index (χ4v) is 4.03. The van der Waals surface area contributed by atoms with Crippen molar-refractivity contribution in [3.05, 3.63) is 84.9 Å². The standard InChI is InChI=1S/C24H22N6O2/c31-23(26-18-9-1-2-10-21(18)29-13-5-6-14-29)22-11-7-15-30(22)24(32)20-16-19(27-28-20)17-8-3-4-12-25-17/h1-6,8-10,12-14,16,22H,7,11,15H2,(H,26,31)(H,27,28)/t22-/m0/s1. The Bertz CT molecular complexity index is 1230. The maximum absolute atomic E-state index is 13.2. The highest BCUT2D eigenvalue weighted by Crippen LogP contribution is 2.25. The van der Waals surface area contributed by atoms with Gasteiger partial charge in [0.1, 0.15) is 17.4 Å². The molecule has 0 saturated carbocycles. The second-order valence-electron chi connectivity index (χ2n) is 7.64. The van der Waals surface area contributed by atoms with Crippen LogP contribution in [0.5, 0.6) is 0 Å². The van der Waals surface area contributed by atoms with Crippen LogP contribution in [-0.4, -0.2) is 49.0 Å². The molecule has 8 nitrogen and oxygen atoms in total. The van der Waals surface area contributed by atoms with Crippen LogP contribution in [0, 0.1) is 0 Å². The lowest BCUT2D eigenvalue weighted by molar-refractivity contribution is -0.119. The zero-order valence-corrected chi connectivity index (χ0v) is 17.3.